The molecule has 0 aromatic heterocycles. The zero-order valence-corrected chi connectivity index (χ0v) is 13.0. The van der Waals surface area contributed by atoms with Crippen LogP contribution >= 0.6 is 0 Å². The minimum atomic E-state index is -0.466. The summed E-state index contributed by atoms with van der Waals surface area (Å²) in [7, 11) is 1.61. The van der Waals surface area contributed by atoms with Gasteiger partial charge in [-0.15, -0.1) is 0 Å². The second kappa shape index (κ2) is 8.02. The lowest BCUT2D eigenvalue weighted by Gasteiger charge is -2.08. The molecule has 0 spiro atoms. The number of nitro groups is 1. The summed E-state index contributed by atoms with van der Waals surface area (Å²) in [4.78, 5) is 22.3. The van der Waals surface area contributed by atoms with E-state index in [9.17, 15) is 19.3 Å². The van der Waals surface area contributed by atoms with Crippen LogP contribution in [0.5, 0.6) is 0 Å². The normalized spacial score (nSPS) is 10.2. The molecule has 2 aromatic rings. The minimum absolute atomic E-state index is 0.00189. The summed E-state index contributed by atoms with van der Waals surface area (Å²) in [6.07, 6.45) is 0. The number of carbonyl (C=O) groups is 1. The molecular weight excluding hydrogens is 315 g/mol. The Kier molecular flexibility index (Phi) is 5.80. The fourth-order valence-electron chi connectivity index (χ4n) is 2.14. The number of hydrogen-bond acceptors (Lipinski definition) is 5. The summed E-state index contributed by atoms with van der Waals surface area (Å²) in [6, 6.07) is 10.4. The van der Waals surface area contributed by atoms with E-state index < -0.39 is 10.7 Å². The van der Waals surface area contributed by atoms with Gasteiger partial charge in [-0.2, -0.15) is 0 Å². The Morgan fingerprint density at radius 3 is 2.71 bits per heavy atom. The van der Waals surface area contributed by atoms with Crippen LogP contribution in [0.15, 0.2) is 42.5 Å². The maximum Gasteiger partial charge on any atom is 0.292 e. The highest BCUT2D eigenvalue weighted by Crippen LogP contribution is 2.24. The van der Waals surface area contributed by atoms with Crippen molar-refractivity contribution in [2.75, 3.05) is 24.2 Å². The lowest BCUT2D eigenvalue weighted by atomic mass is 10.1. The van der Waals surface area contributed by atoms with E-state index in [0.717, 1.165) is 0 Å². The molecule has 0 atom stereocenters. The van der Waals surface area contributed by atoms with Gasteiger partial charge >= 0.3 is 0 Å². The maximum absolute atomic E-state index is 13.0. The molecular formula is C16H17FN4O3. The molecule has 1 amide bonds. The van der Waals surface area contributed by atoms with Gasteiger partial charge in [0.2, 0.25) is 5.91 Å². The molecule has 0 bridgehead atoms. The lowest BCUT2D eigenvalue weighted by Crippen LogP contribution is -2.27. The smallest absolute Gasteiger partial charge is 0.292 e. The zero-order chi connectivity index (χ0) is 17.5. The van der Waals surface area contributed by atoms with Gasteiger partial charge in [0.1, 0.15) is 11.5 Å². The number of nitrogens with zero attached hydrogens (tertiary/aromatic N) is 1. The van der Waals surface area contributed by atoms with E-state index in [2.05, 4.69) is 16.0 Å². The Morgan fingerprint density at radius 1 is 1.25 bits per heavy atom. The van der Waals surface area contributed by atoms with Crippen LogP contribution in [0, 0.1) is 15.9 Å². The third kappa shape index (κ3) is 4.75. The van der Waals surface area contributed by atoms with Crippen LogP contribution in [0.1, 0.15) is 5.56 Å². The van der Waals surface area contributed by atoms with Crippen LogP contribution in [0.3, 0.4) is 0 Å². The van der Waals surface area contributed by atoms with Crippen LogP contribution < -0.4 is 16.0 Å². The molecule has 0 aliphatic rings. The number of halogens is 1. The number of anilines is 2. The van der Waals surface area contributed by atoms with E-state index in [1.807, 2.05) is 0 Å². The third-order valence-electron chi connectivity index (χ3n) is 3.25. The number of carbonyl (C=O) groups excluding carboxylic acids is 1. The Bertz CT molecular complexity index is 752. The number of nitrogens with one attached hydrogen (secondary N) is 3. The van der Waals surface area contributed by atoms with Gasteiger partial charge in [0.25, 0.3) is 5.69 Å². The zero-order valence-electron chi connectivity index (χ0n) is 13.0. The average molecular weight is 332 g/mol. The summed E-state index contributed by atoms with van der Waals surface area (Å²) in [5.41, 5.74) is 1.45. The van der Waals surface area contributed by atoms with E-state index in [1.165, 1.54) is 24.3 Å². The second-order valence-electron chi connectivity index (χ2n) is 5.02. The Balaban J connectivity index is 1.88. The molecule has 0 radical (unpaired) electrons. The van der Waals surface area contributed by atoms with Gasteiger partial charge in [-0.25, -0.2) is 4.39 Å². The summed E-state index contributed by atoms with van der Waals surface area (Å²) < 4.78 is 13.0. The molecule has 0 fully saturated rings. The first-order valence-corrected chi connectivity index (χ1v) is 7.21. The third-order valence-corrected chi connectivity index (χ3v) is 3.25. The number of amides is 1. The van der Waals surface area contributed by atoms with E-state index in [4.69, 9.17) is 0 Å². The predicted octanol–water partition coefficient (Wildman–Crippen LogP) is 2.50. The molecule has 24 heavy (non-hydrogen) atoms. The molecule has 0 saturated heterocycles. The van der Waals surface area contributed by atoms with Crippen molar-refractivity contribution in [3.8, 4) is 0 Å². The SMILES string of the molecule is CNc1ccc(CNCC(=O)Nc2cccc(F)c2)cc1[N+](=O)[O-]. The fraction of sp³-hybridized carbons (Fsp3) is 0.188. The quantitative estimate of drug-likeness (QED) is 0.535. The second-order valence-corrected chi connectivity index (χ2v) is 5.02. The summed E-state index contributed by atoms with van der Waals surface area (Å²) >= 11 is 0. The van der Waals surface area contributed by atoms with E-state index in [-0.39, 0.29) is 18.1 Å². The van der Waals surface area contributed by atoms with E-state index in [0.29, 0.717) is 23.5 Å². The molecule has 3 N–H and O–H groups in total. The van der Waals surface area contributed by atoms with Crippen molar-refractivity contribution in [3.05, 3.63) is 64.0 Å². The predicted molar refractivity (Wildman–Crippen MR) is 89.4 cm³/mol. The number of hydrogen-bond donors (Lipinski definition) is 3. The van der Waals surface area contributed by atoms with Crippen LogP contribution in [0.2, 0.25) is 0 Å². The molecule has 7 nitrogen and oxygen atoms in total. The lowest BCUT2D eigenvalue weighted by molar-refractivity contribution is -0.384. The van der Waals surface area contributed by atoms with Gasteiger partial charge in [0.15, 0.2) is 0 Å². The van der Waals surface area contributed by atoms with Crippen molar-refractivity contribution in [3.63, 3.8) is 0 Å². The van der Waals surface area contributed by atoms with Crippen molar-refractivity contribution < 1.29 is 14.1 Å². The van der Waals surface area contributed by atoms with Gasteiger partial charge in [-0.3, -0.25) is 14.9 Å². The average Bonchev–Trinajstić information content (AvgIpc) is 2.54. The first kappa shape index (κ1) is 17.4. The molecule has 126 valence electrons. The number of benzene rings is 2. The first-order chi connectivity index (χ1) is 11.5. The highest BCUT2D eigenvalue weighted by Gasteiger charge is 2.13. The molecule has 0 saturated carbocycles. The van der Waals surface area contributed by atoms with Crippen molar-refractivity contribution in [1.82, 2.24) is 5.32 Å². The van der Waals surface area contributed by atoms with Crippen molar-refractivity contribution in [2.45, 2.75) is 6.54 Å². The van der Waals surface area contributed by atoms with Crippen molar-refractivity contribution in [1.29, 1.82) is 0 Å². The highest BCUT2D eigenvalue weighted by molar-refractivity contribution is 5.92. The summed E-state index contributed by atoms with van der Waals surface area (Å²) in [5, 5.41) is 19.2. The monoisotopic (exact) mass is 332 g/mol. The topological polar surface area (TPSA) is 96.3 Å². The molecule has 0 aliphatic carbocycles. The van der Waals surface area contributed by atoms with Crippen LogP contribution in [0.4, 0.5) is 21.5 Å². The van der Waals surface area contributed by atoms with Crippen LogP contribution in [-0.4, -0.2) is 24.4 Å². The fourth-order valence-corrected chi connectivity index (χ4v) is 2.14. The molecule has 0 heterocycles. The number of nitro benzene ring substituents is 1. The molecule has 2 aromatic carbocycles. The molecule has 0 aliphatic heterocycles. The standard InChI is InChI=1S/C16H17FN4O3/c1-18-14-6-5-11(7-15(14)21(23)24)9-19-10-16(22)20-13-4-2-3-12(17)8-13/h2-8,18-19H,9-10H2,1H3,(H,20,22). The van der Waals surface area contributed by atoms with Crippen LogP contribution in [-0.2, 0) is 11.3 Å². The minimum Gasteiger partial charge on any atom is -0.383 e. The van der Waals surface area contributed by atoms with Crippen molar-refractivity contribution >= 4 is 23.0 Å². The van der Waals surface area contributed by atoms with Crippen molar-refractivity contribution in [2.24, 2.45) is 0 Å². The maximum atomic E-state index is 13.0. The molecule has 8 heteroatoms. The largest absolute Gasteiger partial charge is 0.383 e. The van der Waals surface area contributed by atoms with Gasteiger partial charge in [0, 0.05) is 25.3 Å². The Labute approximate surface area is 138 Å². The summed E-state index contributed by atoms with van der Waals surface area (Å²) in [5.74, 6) is -0.764. The highest BCUT2D eigenvalue weighted by atomic mass is 19.1. The Hall–Kier alpha value is -3.00. The Morgan fingerprint density at radius 2 is 2.04 bits per heavy atom. The number of rotatable bonds is 7. The van der Waals surface area contributed by atoms with Gasteiger partial charge in [0.05, 0.1) is 11.5 Å². The van der Waals surface area contributed by atoms with E-state index in [1.54, 1.807) is 25.2 Å². The molecule has 0 unspecified atom stereocenters. The van der Waals surface area contributed by atoms with Gasteiger partial charge < -0.3 is 16.0 Å². The van der Waals surface area contributed by atoms with Crippen LogP contribution in [0.25, 0.3) is 0 Å². The first-order valence-electron chi connectivity index (χ1n) is 7.21. The molecule has 2 rings (SSSR count). The summed E-state index contributed by atoms with van der Waals surface area (Å²) in [6.45, 7) is 0.291. The van der Waals surface area contributed by atoms with Gasteiger partial charge in [-0.1, -0.05) is 12.1 Å². The van der Waals surface area contributed by atoms with Gasteiger partial charge in [-0.05, 0) is 29.8 Å². The van der Waals surface area contributed by atoms with E-state index >= 15 is 0 Å².